The van der Waals surface area contributed by atoms with Crippen LogP contribution >= 0.6 is 0 Å². The Balaban J connectivity index is 1.82. The third-order valence-electron chi connectivity index (χ3n) is 5.18. The van der Waals surface area contributed by atoms with Gasteiger partial charge in [0.2, 0.25) is 23.6 Å². The molecule has 0 aliphatic rings. The van der Waals surface area contributed by atoms with Gasteiger partial charge in [-0.05, 0) is 19.3 Å². The van der Waals surface area contributed by atoms with Crippen LogP contribution in [0.1, 0.15) is 44.5 Å². The Morgan fingerprint density at radius 1 is 0.806 bits per heavy atom. The lowest BCUT2D eigenvalue weighted by molar-refractivity contribution is -0.142. The molecular weight excluding hydrogens is 472 g/mol. The summed E-state index contributed by atoms with van der Waals surface area (Å²) in [5.74, 6) is -2.99. The molecule has 4 amide bonds. The molecular formula is C22H32N8O6. The lowest BCUT2D eigenvalue weighted by Crippen LogP contribution is -2.52. The van der Waals surface area contributed by atoms with Gasteiger partial charge in [-0.25, -0.2) is 14.8 Å². The van der Waals surface area contributed by atoms with Gasteiger partial charge in [0.05, 0.1) is 12.7 Å². The van der Waals surface area contributed by atoms with Crippen molar-refractivity contribution in [1.29, 1.82) is 0 Å². The SMILES string of the molecule is CC(=O)NC(Cc1cnc[nH]1)C(=O)NCCCCC(NC(=O)C(Cc1cnc[nH]1)NC(C)=O)C(=O)O. The second-order valence-corrected chi connectivity index (χ2v) is 8.25. The van der Waals surface area contributed by atoms with Crippen LogP contribution < -0.4 is 21.3 Å². The molecule has 0 saturated heterocycles. The summed E-state index contributed by atoms with van der Waals surface area (Å²) in [5, 5.41) is 19.8. The molecule has 0 fully saturated rings. The Morgan fingerprint density at radius 3 is 1.78 bits per heavy atom. The standard InChI is InChI=1S/C22H32N8O6/c1-13(31)28-18(7-15-9-23-11-26-15)20(33)25-6-4-3-5-17(22(35)36)30-21(34)19(29-14(2)32)8-16-10-24-12-27-16/h9-12,17-19H,3-8H2,1-2H3,(H,23,26)(H,24,27)(H,25,33)(H,28,31)(H,29,32)(H,30,34)(H,35,36). The molecule has 7 N–H and O–H groups in total. The molecule has 0 spiro atoms. The highest BCUT2D eigenvalue weighted by Gasteiger charge is 2.26. The average molecular weight is 505 g/mol. The number of carboxylic acid groups (broad SMARTS) is 1. The van der Waals surface area contributed by atoms with Crippen molar-refractivity contribution in [3.63, 3.8) is 0 Å². The van der Waals surface area contributed by atoms with E-state index in [0.717, 1.165) is 0 Å². The summed E-state index contributed by atoms with van der Waals surface area (Å²) in [6, 6.07) is -2.92. The van der Waals surface area contributed by atoms with Gasteiger partial charge in [-0.1, -0.05) is 0 Å². The Morgan fingerprint density at radius 2 is 1.33 bits per heavy atom. The average Bonchev–Trinajstić information content (AvgIpc) is 3.50. The maximum absolute atomic E-state index is 12.7. The number of nitrogens with one attached hydrogen (secondary N) is 6. The van der Waals surface area contributed by atoms with E-state index in [4.69, 9.17) is 0 Å². The summed E-state index contributed by atoms with van der Waals surface area (Å²) >= 11 is 0. The second-order valence-electron chi connectivity index (χ2n) is 8.25. The highest BCUT2D eigenvalue weighted by Crippen LogP contribution is 2.05. The third kappa shape index (κ3) is 9.95. The lowest BCUT2D eigenvalue weighted by Gasteiger charge is -2.21. The van der Waals surface area contributed by atoms with E-state index in [9.17, 15) is 29.1 Å². The Bertz CT molecular complexity index is 1010. The monoisotopic (exact) mass is 504 g/mol. The van der Waals surface area contributed by atoms with Gasteiger partial charge in [-0.2, -0.15) is 0 Å². The fourth-order valence-electron chi connectivity index (χ4n) is 3.48. The zero-order chi connectivity index (χ0) is 26.5. The van der Waals surface area contributed by atoms with Gasteiger partial charge in [-0.3, -0.25) is 19.2 Å². The van der Waals surface area contributed by atoms with Crippen LogP contribution in [-0.4, -0.2) is 79.3 Å². The van der Waals surface area contributed by atoms with E-state index in [1.165, 1.54) is 32.7 Å². The molecule has 0 aliphatic heterocycles. The number of hydrogen-bond acceptors (Lipinski definition) is 7. The van der Waals surface area contributed by atoms with Crippen LogP contribution in [0.15, 0.2) is 25.0 Å². The number of rotatable bonds is 15. The van der Waals surface area contributed by atoms with Crippen molar-refractivity contribution in [2.24, 2.45) is 0 Å². The van der Waals surface area contributed by atoms with Gasteiger partial charge < -0.3 is 36.3 Å². The normalized spacial score (nSPS) is 13.2. The molecule has 36 heavy (non-hydrogen) atoms. The number of H-pyrrole nitrogens is 2. The van der Waals surface area contributed by atoms with Crippen LogP contribution in [0.4, 0.5) is 0 Å². The zero-order valence-corrected chi connectivity index (χ0v) is 20.2. The number of hydrogen-bond donors (Lipinski definition) is 7. The molecule has 14 nitrogen and oxygen atoms in total. The molecule has 2 rings (SSSR count). The summed E-state index contributed by atoms with van der Waals surface area (Å²) in [5.41, 5.74) is 1.30. The quantitative estimate of drug-likeness (QED) is 0.146. The Hall–Kier alpha value is -4.23. The maximum atomic E-state index is 12.7. The lowest BCUT2D eigenvalue weighted by atomic mass is 10.1. The van der Waals surface area contributed by atoms with Crippen LogP contribution in [0.5, 0.6) is 0 Å². The van der Waals surface area contributed by atoms with E-state index in [-0.39, 0.29) is 37.6 Å². The largest absolute Gasteiger partial charge is 0.480 e. The van der Waals surface area contributed by atoms with Gasteiger partial charge in [-0.15, -0.1) is 0 Å². The summed E-state index contributed by atoms with van der Waals surface area (Å²) in [7, 11) is 0. The van der Waals surface area contributed by atoms with Gasteiger partial charge in [0.1, 0.15) is 18.1 Å². The minimum Gasteiger partial charge on any atom is -0.480 e. The number of aliphatic carboxylic acids is 1. The van der Waals surface area contributed by atoms with Crippen LogP contribution in [0, 0.1) is 0 Å². The van der Waals surface area contributed by atoms with E-state index in [2.05, 4.69) is 41.2 Å². The highest BCUT2D eigenvalue weighted by molar-refractivity contribution is 5.90. The predicted octanol–water partition coefficient (Wildman–Crippen LogP) is -1.22. The summed E-state index contributed by atoms with van der Waals surface area (Å²) < 4.78 is 0. The van der Waals surface area contributed by atoms with E-state index >= 15 is 0 Å². The Kier molecular flexibility index (Phi) is 11.1. The molecule has 3 unspecified atom stereocenters. The number of carboxylic acids is 1. The maximum Gasteiger partial charge on any atom is 0.326 e. The molecule has 0 bridgehead atoms. The van der Waals surface area contributed by atoms with Crippen LogP contribution in [-0.2, 0) is 36.8 Å². The van der Waals surface area contributed by atoms with Crippen LogP contribution in [0.2, 0.25) is 0 Å². The molecule has 0 saturated carbocycles. The number of aromatic amines is 2. The fraction of sp³-hybridized carbons (Fsp3) is 0.500. The van der Waals surface area contributed by atoms with Crippen molar-refractivity contribution < 1.29 is 29.1 Å². The van der Waals surface area contributed by atoms with E-state index in [0.29, 0.717) is 24.2 Å². The molecule has 2 aromatic rings. The highest BCUT2D eigenvalue weighted by atomic mass is 16.4. The summed E-state index contributed by atoms with van der Waals surface area (Å²) in [6.45, 7) is 2.84. The van der Waals surface area contributed by atoms with Crippen molar-refractivity contribution in [3.05, 3.63) is 36.4 Å². The number of carbonyl (C=O) groups excluding carboxylic acids is 4. The number of unbranched alkanes of at least 4 members (excludes halogenated alkanes) is 1. The predicted molar refractivity (Wildman–Crippen MR) is 126 cm³/mol. The number of carbonyl (C=O) groups is 5. The first-order valence-corrected chi connectivity index (χ1v) is 11.4. The summed E-state index contributed by atoms with van der Waals surface area (Å²) in [6.07, 6.45) is 7.32. The van der Waals surface area contributed by atoms with Crippen molar-refractivity contribution in [2.75, 3.05) is 6.54 Å². The minimum atomic E-state index is -1.21. The van der Waals surface area contributed by atoms with Crippen molar-refractivity contribution in [2.45, 2.75) is 64.1 Å². The number of imidazole rings is 2. The van der Waals surface area contributed by atoms with Crippen LogP contribution in [0.3, 0.4) is 0 Å². The van der Waals surface area contributed by atoms with E-state index < -0.39 is 35.9 Å². The molecule has 14 heteroatoms. The van der Waals surface area contributed by atoms with Gasteiger partial charge >= 0.3 is 5.97 Å². The van der Waals surface area contributed by atoms with Crippen molar-refractivity contribution in [3.8, 4) is 0 Å². The molecule has 196 valence electrons. The first-order chi connectivity index (χ1) is 17.2. The smallest absolute Gasteiger partial charge is 0.326 e. The van der Waals surface area contributed by atoms with E-state index in [1.807, 2.05) is 0 Å². The number of aromatic nitrogens is 4. The molecule has 2 aromatic heterocycles. The third-order valence-corrected chi connectivity index (χ3v) is 5.18. The topological polar surface area (TPSA) is 211 Å². The zero-order valence-electron chi connectivity index (χ0n) is 20.2. The van der Waals surface area contributed by atoms with Gasteiger partial charge in [0, 0.05) is 57.0 Å². The van der Waals surface area contributed by atoms with Crippen molar-refractivity contribution in [1.82, 2.24) is 41.2 Å². The van der Waals surface area contributed by atoms with Crippen molar-refractivity contribution >= 4 is 29.6 Å². The molecule has 0 aromatic carbocycles. The van der Waals surface area contributed by atoms with Gasteiger partial charge in [0.15, 0.2) is 0 Å². The first-order valence-electron chi connectivity index (χ1n) is 11.4. The summed E-state index contributed by atoms with van der Waals surface area (Å²) in [4.78, 5) is 73.3. The molecule has 0 radical (unpaired) electrons. The number of amides is 4. The number of nitrogens with zero attached hydrogens (tertiary/aromatic N) is 2. The molecule has 2 heterocycles. The Labute approximate surface area is 207 Å². The molecule has 0 aliphatic carbocycles. The van der Waals surface area contributed by atoms with Crippen LogP contribution in [0.25, 0.3) is 0 Å². The van der Waals surface area contributed by atoms with E-state index in [1.54, 1.807) is 6.20 Å². The second kappa shape index (κ2) is 14.2. The first kappa shape index (κ1) is 28.0. The van der Waals surface area contributed by atoms with Gasteiger partial charge in [0.25, 0.3) is 0 Å². The molecule has 3 atom stereocenters. The fourth-order valence-corrected chi connectivity index (χ4v) is 3.48. The minimum absolute atomic E-state index is 0.122.